The first kappa shape index (κ1) is 8.75. The highest BCUT2D eigenvalue weighted by molar-refractivity contribution is 5.22. The number of aromatic nitrogens is 1. The van der Waals surface area contributed by atoms with Crippen LogP contribution in [-0.2, 0) is 6.42 Å². The van der Waals surface area contributed by atoms with Crippen molar-refractivity contribution in [1.82, 2.24) is 10.5 Å². The predicted octanol–water partition coefficient (Wildman–Crippen LogP) is 1.56. The Kier molecular flexibility index (Phi) is 2.36. The molecule has 1 heterocycles. The average molecular weight is 180 g/mol. The van der Waals surface area contributed by atoms with Crippen LogP contribution in [-0.4, -0.2) is 18.7 Å². The Morgan fingerprint density at radius 2 is 2.54 bits per heavy atom. The number of nitrogens with zero attached hydrogens (tertiary/aromatic N) is 1. The average Bonchev–Trinajstić information content (AvgIpc) is 2.58. The van der Waals surface area contributed by atoms with Crippen molar-refractivity contribution in [2.45, 2.75) is 25.7 Å². The Balaban J connectivity index is 2.25. The molecular formula is C10H16N2O. The van der Waals surface area contributed by atoms with Gasteiger partial charge in [0.05, 0.1) is 6.20 Å². The molecule has 0 saturated carbocycles. The van der Waals surface area contributed by atoms with E-state index in [1.165, 1.54) is 12.0 Å². The zero-order valence-electron chi connectivity index (χ0n) is 8.21. The molecule has 0 spiro atoms. The number of hydrogen-bond acceptors (Lipinski definition) is 3. The van der Waals surface area contributed by atoms with Gasteiger partial charge in [-0.25, -0.2) is 0 Å². The smallest absolute Gasteiger partial charge is 0.144 e. The Morgan fingerprint density at radius 1 is 1.69 bits per heavy atom. The van der Waals surface area contributed by atoms with Gasteiger partial charge in [0.25, 0.3) is 0 Å². The van der Waals surface area contributed by atoms with Gasteiger partial charge in [-0.2, -0.15) is 0 Å². The molecule has 0 aliphatic heterocycles. The van der Waals surface area contributed by atoms with Gasteiger partial charge in [0.15, 0.2) is 0 Å². The van der Waals surface area contributed by atoms with Crippen LogP contribution in [0, 0.1) is 5.92 Å². The Labute approximate surface area is 78.5 Å². The van der Waals surface area contributed by atoms with Gasteiger partial charge in [-0.3, -0.25) is 0 Å². The van der Waals surface area contributed by atoms with Crippen LogP contribution in [0.1, 0.15) is 30.6 Å². The Morgan fingerprint density at radius 3 is 3.31 bits per heavy atom. The fourth-order valence-corrected chi connectivity index (χ4v) is 2.12. The lowest BCUT2D eigenvalue weighted by molar-refractivity contribution is 0.292. The lowest BCUT2D eigenvalue weighted by Crippen LogP contribution is -2.26. The van der Waals surface area contributed by atoms with E-state index < -0.39 is 0 Å². The molecule has 0 radical (unpaired) electrons. The van der Waals surface area contributed by atoms with Gasteiger partial charge >= 0.3 is 0 Å². The monoisotopic (exact) mass is 180 g/mol. The van der Waals surface area contributed by atoms with E-state index >= 15 is 0 Å². The molecular weight excluding hydrogens is 164 g/mol. The molecule has 1 aromatic heterocycles. The minimum atomic E-state index is 0.510. The number of nitrogens with one attached hydrogen (secondary N) is 1. The van der Waals surface area contributed by atoms with Crippen LogP contribution < -0.4 is 5.32 Å². The zero-order valence-corrected chi connectivity index (χ0v) is 8.21. The summed E-state index contributed by atoms with van der Waals surface area (Å²) in [6.07, 6.45) is 4.24. The van der Waals surface area contributed by atoms with Gasteiger partial charge in [-0.05, 0) is 25.8 Å². The van der Waals surface area contributed by atoms with E-state index in [1.54, 1.807) is 0 Å². The molecule has 1 aliphatic carbocycles. The number of rotatable bonds is 2. The lowest BCUT2D eigenvalue weighted by Gasteiger charge is -2.26. The maximum Gasteiger partial charge on any atom is 0.144 e. The molecule has 2 rings (SSSR count). The van der Waals surface area contributed by atoms with E-state index in [2.05, 4.69) is 17.4 Å². The summed E-state index contributed by atoms with van der Waals surface area (Å²) in [5.74, 6) is 2.32. The minimum Gasteiger partial charge on any atom is -0.361 e. The topological polar surface area (TPSA) is 38.1 Å². The highest BCUT2D eigenvalue weighted by atomic mass is 16.5. The molecule has 72 valence electrons. The predicted molar refractivity (Wildman–Crippen MR) is 50.7 cm³/mol. The van der Waals surface area contributed by atoms with Gasteiger partial charge in [0.1, 0.15) is 5.76 Å². The van der Waals surface area contributed by atoms with E-state index in [4.69, 9.17) is 4.52 Å². The molecule has 0 amide bonds. The van der Waals surface area contributed by atoms with E-state index in [9.17, 15) is 0 Å². The highest BCUT2D eigenvalue weighted by Gasteiger charge is 2.29. The van der Waals surface area contributed by atoms with E-state index in [0.29, 0.717) is 11.8 Å². The van der Waals surface area contributed by atoms with Crippen molar-refractivity contribution in [3.05, 3.63) is 17.5 Å². The number of aryl methyl sites for hydroxylation is 1. The molecule has 13 heavy (non-hydrogen) atoms. The van der Waals surface area contributed by atoms with Gasteiger partial charge in [0, 0.05) is 18.0 Å². The largest absolute Gasteiger partial charge is 0.361 e. The second kappa shape index (κ2) is 3.50. The zero-order chi connectivity index (χ0) is 9.26. The summed E-state index contributed by atoms with van der Waals surface area (Å²) in [4.78, 5) is 0. The third kappa shape index (κ3) is 1.48. The van der Waals surface area contributed by atoms with E-state index in [-0.39, 0.29) is 0 Å². The van der Waals surface area contributed by atoms with Gasteiger partial charge in [-0.15, -0.1) is 0 Å². The van der Waals surface area contributed by atoms with Crippen molar-refractivity contribution in [1.29, 1.82) is 0 Å². The van der Waals surface area contributed by atoms with Crippen LogP contribution in [0.25, 0.3) is 0 Å². The van der Waals surface area contributed by atoms with Crippen molar-refractivity contribution >= 4 is 0 Å². The van der Waals surface area contributed by atoms with Crippen molar-refractivity contribution in [2.75, 3.05) is 13.6 Å². The number of likely N-dealkylation sites (N-methyl/N-ethyl adjacent to an activating group) is 1. The first-order valence-electron chi connectivity index (χ1n) is 4.91. The number of fused-ring (bicyclic) bond motifs is 1. The fourth-order valence-electron chi connectivity index (χ4n) is 2.12. The van der Waals surface area contributed by atoms with Crippen molar-refractivity contribution in [3.63, 3.8) is 0 Å². The van der Waals surface area contributed by atoms with E-state index in [1.807, 2.05) is 13.2 Å². The van der Waals surface area contributed by atoms with Crippen LogP contribution in [0.4, 0.5) is 0 Å². The summed E-state index contributed by atoms with van der Waals surface area (Å²) in [7, 11) is 1.98. The van der Waals surface area contributed by atoms with Crippen LogP contribution in [0.15, 0.2) is 10.7 Å². The van der Waals surface area contributed by atoms with Gasteiger partial charge < -0.3 is 9.84 Å². The standard InChI is InChI=1S/C10H16N2O/c1-7-3-4-8-5-12-13-10(8)9(7)6-11-2/h5,7,9,11H,3-4,6H2,1-2H3. The normalized spacial score (nSPS) is 27.2. The first-order chi connectivity index (χ1) is 6.33. The van der Waals surface area contributed by atoms with Gasteiger partial charge in [-0.1, -0.05) is 12.1 Å². The molecule has 2 unspecified atom stereocenters. The maximum atomic E-state index is 5.30. The maximum absolute atomic E-state index is 5.30. The molecule has 2 atom stereocenters. The summed E-state index contributed by atoms with van der Waals surface area (Å²) in [6, 6.07) is 0. The summed E-state index contributed by atoms with van der Waals surface area (Å²) >= 11 is 0. The van der Waals surface area contributed by atoms with Crippen LogP contribution in [0.2, 0.25) is 0 Å². The Hall–Kier alpha value is -0.830. The molecule has 1 N–H and O–H groups in total. The highest BCUT2D eigenvalue weighted by Crippen LogP contribution is 2.35. The van der Waals surface area contributed by atoms with Crippen molar-refractivity contribution in [3.8, 4) is 0 Å². The summed E-state index contributed by atoms with van der Waals surface area (Å²) < 4.78 is 5.30. The molecule has 0 fully saturated rings. The second-order valence-corrected chi connectivity index (χ2v) is 3.90. The molecule has 1 aliphatic rings. The SMILES string of the molecule is CNCC1c2oncc2CCC1C. The van der Waals surface area contributed by atoms with Crippen LogP contribution >= 0.6 is 0 Å². The molecule has 0 bridgehead atoms. The molecule has 3 nitrogen and oxygen atoms in total. The van der Waals surface area contributed by atoms with Crippen molar-refractivity contribution < 1.29 is 4.52 Å². The Bertz CT molecular complexity index is 282. The molecule has 3 heteroatoms. The number of hydrogen-bond donors (Lipinski definition) is 1. The lowest BCUT2D eigenvalue weighted by atomic mass is 9.80. The summed E-state index contributed by atoms with van der Waals surface area (Å²) in [6.45, 7) is 3.27. The fraction of sp³-hybridized carbons (Fsp3) is 0.700. The first-order valence-corrected chi connectivity index (χ1v) is 4.91. The molecule has 0 aromatic carbocycles. The van der Waals surface area contributed by atoms with Crippen LogP contribution in [0.5, 0.6) is 0 Å². The third-order valence-corrected chi connectivity index (χ3v) is 2.99. The minimum absolute atomic E-state index is 0.510. The van der Waals surface area contributed by atoms with Gasteiger partial charge in [0.2, 0.25) is 0 Å². The van der Waals surface area contributed by atoms with E-state index in [0.717, 1.165) is 18.7 Å². The second-order valence-electron chi connectivity index (χ2n) is 3.90. The third-order valence-electron chi connectivity index (χ3n) is 2.99. The summed E-state index contributed by atoms with van der Waals surface area (Å²) in [5.41, 5.74) is 1.30. The molecule has 1 aromatic rings. The van der Waals surface area contributed by atoms with Crippen LogP contribution in [0.3, 0.4) is 0 Å². The molecule has 0 saturated heterocycles. The summed E-state index contributed by atoms with van der Waals surface area (Å²) in [5, 5.41) is 7.08. The van der Waals surface area contributed by atoms with Crippen molar-refractivity contribution in [2.24, 2.45) is 5.92 Å². The quantitative estimate of drug-likeness (QED) is 0.750.